The lowest BCUT2D eigenvalue weighted by atomic mass is 10.1. The molecule has 0 bridgehead atoms. The molecule has 1 aliphatic heterocycles. The van der Waals surface area contributed by atoms with E-state index in [4.69, 9.17) is 4.98 Å². The number of aromatic amines is 1. The minimum absolute atomic E-state index is 0.136. The van der Waals surface area contributed by atoms with Gasteiger partial charge in [0.2, 0.25) is 5.95 Å². The molecule has 0 aliphatic carbocycles. The number of nitrogens with zero attached hydrogens (tertiary/aromatic N) is 4. The fourth-order valence-electron chi connectivity index (χ4n) is 3.09. The first kappa shape index (κ1) is 16.1. The largest absolute Gasteiger partial charge is 0.338 e. The number of H-pyrrole nitrogens is 1. The number of rotatable bonds is 2. The normalized spacial score (nSPS) is 15.6. The van der Waals surface area contributed by atoms with E-state index >= 15 is 0 Å². The van der Waals surface area contributed by atoms with Gasteiger partial charge in [-0.1, -0.05) is 12.1 Å². The number of fused-ring (bicyclic) bond motifs is 1. The van der Waals surface area contributed by atoms with Crippen LogP contribution in [-0.2, 0) is 5.54 Å². The zero-order chi connectivity index (χ0) is 17.6. The molecule has 0 spiro atoms. The quantitative estimate of drug-likeness (QED) is 0.766. The van der Waals surface area contributed by atoms with Crippen molar-refractivity contribution in [1.82, 2.24) is 19.7 Å². The molecule has 25 heavy (non-hydrogen) atoms. The van der Waals surface area contributed by atoms with Gasteiger partial charge in [0.05, 0.1) is 11.7 Å². The molecule has 0 amide bonds. The summed E-state index contributed by atoms with van der Waals surface area (Å²) >= 11 is 1.76. The van der Waals surface area contributed by atoms with Crippen molar-refractivity contribution in [1.29, 1.82) is 0 Å². The zero-order valence-corrected chi connectivity index (χ0v) is 15.4. The number of anilines is 1. The van der Waals surface area contributed by atoms with Crippen molar-refractivity contribution in [3.8, 4) is 0 Å². The van der Waals surface area contributed by atoms with Gasteiger partial charge >= 0.3 is 0 Å². The van der Waals surface area contributed by atoms with E-state index < -0.39 is 0 Å². The first-order valence-corrected chi connectivity index (χ1v) is 9.28. The van der Waals surface area contributed by atoms with Gasteiger partial charge in [0.15, 0.2) is 5.65 Å². The maximum atomic E-state index is 12.4. The van der Waals surface area contributed by atoms with E-state index in [1.165, 1.54) is 10.5 Å². The molecule has 0 atom stereocenters. The molecular formula is C18H21N5OS. The average molecular weight is 355 g/mol. The maximum absolute atomic E-state index is 12.4. The summed E-state index contributed by atoms with van der Waals surface area (Å²) < 4.78 is 1.82. The van der Waals surface area contributed by atoms with E-state index in [2.05, 4.69) is 59.3 Å². The van der Waals surface area contributed by atoms with Crippen LogP contribution in [-0.4, -0.2) is 32.8 Å². The summed E-state index contributed by atoms with van der Waals surface area (Å²) in [6.45, 7) is 7.74. The Kier molecular flexibility index (Phi) is 3.76. The van der Waals surface area contributed by atoms with Gasteiger partial charge in [-0.2, -0.15) is 10.1 Å². The number of aromatic nitrogens is 4. The van der Waals surface area contributed by atoms with Gasteiger partial charge in [0.1, 0.15) is 5.39 Å². The highest BCUT2D eigenvalue weighted by Gasteiger charge is 2.22. The SMILES string of the molecule is CC(C)(C)n1ncc2c(=O)[nH]c(N3CC=C(c4cccs4)CC3)nc21. The van der Waals surface area contributed by atoms with Crippen LogP contribution < -0.4 is 10.5 Å². The molecule has 1 aliphatic rings. The van der Waals surface area contributed by atoms with Crippen LogP contribution in [0.3, 0.4) is 0 Å². The van der Waals surface area contributed by atoms with Gasteiger partial charge in [0, 0.05) is 18.0 Å². The Hall–Kier alpha value is -2.41. The Morgan fingerprint density at radius 1 is 1.32 bits per heavy atom. The summed E-state index contributed by atoms with van der Waals surface area (Å²) in [4.78, 5) is 23.5. The standard InChI is InChI=1S/C18H21N5OS/c1-18(2,3)23-15-13(11-19-23)16(24)21-17(20-15)22-8-6-12(7-9-22)14-5-4-10-25-14/h4-6,10-11H,7-9H2,1-3H3,(H,20,21,24). The van der Waals surface area contributed by atoms with Crippen LogP contribution >= 0.6 is 11.3 Å². The molecule has 4 heterocycles. The minimum atomic E-state index is -0.228. The summed E-state index contributed by atoms with van der Waals surface area (Å²) in [5.41, 5.74) is 1.64. The molecule has 3 aromatic rings. The maximum Gasteiger partial charge on any atom is 0.263 e. The molecule has 130 valence electrons. The molecule has 7 heteroatoms. The molecule has 0 saturated carbocycles. The lowest BCUT2D eigenvalue weighted by Gasteiger charge is -2.27. The summed E-state index contributed by atoms with van der Waals surface area (Å²) in [5.74, 6) is 0.616. The van der Waals surface area contributed by atoms with Gasteiger partial charge in [-0.05, 0) is 44.2 Å². The van der Waals surface area contributed by atoms with Crippen LogP contribution in [0, 0.1) is 0 Å². The van der Waals surface area contributed by atoms with Crippen LogP contribution in [0.5, 0.6) is 0 Å². The van der Waals surface area contributed by atoms with Crippen LogP contribution in [0.2, 0.25) is 0 Å². The second-order valence-electron chi connectivity index (χ2n) is 7.26. The van der Waals surface area contributed by atoms with Crippen LogP contribution in [0.25, 0.3) is 16.6 Å². The van der Waals surface area contributed by atoms with Crippen LogP contribution in [0.4, 0.5) is 5.95 Å². The number of hydrogen-bond acceptors (Lipinski definition) is 5. The van der Waals surface area contributed by atoms with E-state index in [1.807, 2.05) is 4.68 Å². The van der Waals surface area contributed by atoms with Crippen LogP contribution in [0.1, 0.15) is 32.1 Å². The van der Waals surface area contributed by atoms with E-state index in [1.54, 1.807) is 17.5 Å². The first-order valence-electron chi connectivity index (χ1n) is 8.40. The zero-order valence-electron chi connectivity index (χ0n) is 14.6. The first-order chi connectivity index (χ1) is 11.9. The van der Waals surface area contributed by atoms with Crippen molar-refractivity contribution in [2.45, 2.75) is 32.7 Å². The number of nitrogens with one attached hydrogen (secondary N) is 1. The fraction of sp³-hybridized carbons (Fsp3) is 0.389. The lowest BCUT2D eigenvalue weighted by molar-refractivity contribution is 0.366. The highest BCUT2D eigenvalue weighted by Crippen LogP contribution is 2.27. The monoisotopic (exact) mass is 355 g/mol. The molecule has 0 unspecified atom stereocenters. The van der Waals surface area contributed by atoms with Crippen molar-refractivity contribution in [3.05, 3.63) is 45.0 Å². The Morgan fingerprint density at radius 2 is 2.16 bits per heavy atom. The molecule has 0 saturated heterocycles. The average Bonchev–Trinajstić information content (AvgIpc) is 3.24. The van der Waals surface area contributed by atoms with Gasteiger partial charge in [0.25, 0.3) is 5.56 Å². The molecular weight excluding hydrogens is 334 g/mol. The molecule has 1 N–H and O–H groups in total. The summed E-state index contributed by atoms with van der Waals surface area (Å²) in [7, 11) is 0. The lowest BCUT2D eigenvalue weighted by Crippen LogP contribution is -2.32. The van der Waals surface area contributed by atoms with E-state index in [0.29, 0.717) is 17.0 Å². The molecule has 3 aromatic heterocycles. The topological polar surface area (TPSA) is 66.8 Å². The molecule has 0 aromatic carbocycles. The van der Waals surface area contributed by atoms with E-state index in [9.17, 15) is 4.79 Å². The van der Waals surface area contributed by atoms with E-state index in [0.717, 1.165) is 19.5 Å². The molecule has 4 rings (SSSR count). The van der Waals surface area contributed by atoms with Crippen molar-refractivity contribution >= 4 is 33.9 Å². The fourth-order valence-corrected chi connectivity index (χ4v) is 3.89. The van der Waals surface area contributed by atoms with Gasteiger partial charge in [-0.15, -0.1) is 11.3 Å². The van der Waals surface area contributed by atoms with Gasteiger partial charge < -0.3 is 4.90 Å². The van der Waals surface area contributed by atoms with Crippen molar-refractivity contribution in [2.24, 2.45) is 0 Å². The molecule has 0 fully saturated rings. The second-order valence-corrected chi connectivity index (χ2v) is 8.20. The summed E-state index contributed by atoms with van der Waals surface area (Å²) in [6, 6.07) is 4.23. The molecule has 6 nitrogen and oxygen atoms in total. The second kappa shape index (κ2) is 5.84. The summed E-state index contributed by atoms with van der Waals surface area (Å²) in [6.07, 6.45) is 4.77. The van der Waals surface area contributed by atoms with Gasteiger partial charge in [-0.25, -0.2) is 4.68 Å². The Balaban J connectivity index is 1.70. The van der Waals surface area contributed by atoms with Crippen molar-refractivity contribution < 1.29 is 0 Å². The highest BCUT2D eigenvalue weighted by atomic mass is 32.1. The Labute approximate surface area is 149 Å². The van der Waals surface area contributed by atoms with Crippen molar-refractivity contribution in [2.75, 3.05) is 18.0 Å². The molecule has 0 radical (unpaired) electrons. The van der Waals surface area contributed by atoms with E-state index in [-0.39, 0.29) is 11.1 Å². The van der Waals surface area contributed by atoms with Crippen LogP contribution in [0.15, 0.2) is 34.6 Å². The number of hydrogen-bond donors (Lipinski definition) is 1. The summed E-state index contributed by atoms with van der Waals surface area (Å²) in [5, 5.41) is 7.00. The predicted molar refractivity (Wildman–Crippen MR) is 102 cm³/mol. The smallest absolute Gasteiger partial charge is 0.263 e. The third kappa shape index (κ3) is 2.89. The predicted octanol–water partition coefficient (Wildman–Crippen LogP) is 3.23. The minimum Gasteiger partial charge on any atom is -0.338 e. The van der Waals surface area contributed by atoms with Crippen molar-refractivity contribution in [3.63, 3.8) is 0 Å². The third-order valence-corrected chi connectivity index (χ3v) is 5.35. The highest BCUT2D eigenvalue weighted by molar-refractivity contribution is 7.11. The Bertz CT molecular complexity index is 991. The number of thiophene rings is 1. The Morgan fingerprint density at radius 3 is 2.80 bits per heavy atom. The third-order valence-electron chi connectivity index (χ3n) is 4.41. The van der Waals surface area contributed by atoms with Gasteiger partial charge in [-0.3, -0.25) is 9.78 Å².